The number of piperidine rings is 1. The van der Waals surface area contributed by atoms with E-state index in [2.05, 4.69) is 46.6 Å². The van der Waals surface area contributed by atoms with Crippen LogP contribution in [0.2, 0.25) is 0 Å². The lowest BCUT2D eigenvalue weighted by molar-refractivity contribution is 0.0373. The van der Waals surface area contributed by atoms with Crippen LogP contribution in [0.4, 0.5) is 4.79 Å². The van der Waals surface area contributed by atoms with E-state index in [0.29, 0.717) is 0 Å². The van der Waals surface area contributed by atoms with Crippen molar-refractivity contribution in [3.05, 3.63) is 71.8 Å². The van der Waals surface area contributed by atoms with Gasteiger partial charge in [-0.3, -0.25) is 4.90 Å². The largest absolute Gasteiger partial charge is 0.446 e. The number of nitrogens with zero attached hydrogens (tertiary/aromatic N) is 1. The van der Waals surface area contributed by atoms with Crippen molar-refractivity contribution < 1.29 is 9.53 Å². The normalized spacial score (nSPS) is 19.9. The van der Waals surface area contributed by atoms with Crippen molar-refractivity contribution in [3.8, 4) is 0 Å². The van der Waals surface area contributed by atoms with Gasteiger partial charge >= 0.3 is 6.09 Å². The molecule has 4 rings (SSSR count). The molecule has 2 aliphatic rings. The molecule has 0 unspecified atom stereocenters. The second kappa shape index (κ2) is 8.13. The Kier molecular flexibility index (Phi) is 5.44. The minimum Gasteiger partial charge on any atom is -0.446 e. The van der Waals surface area contributed by atoms with E-state index in [1.807, 2.05) is 24.3 Å². The summed E-state index contributed by atoms with van der Waals surface area (Å²) in [6, 6.07) is 20.8. The van der Waals surface area contributed by atoms with Crippen molar-refractivity contribution >= 4 is 6.09 Å². The van der Waals surface area contributed by atoms with Crippen LogP contribution >= 0.6 is 0 Å². The van der Waals surface area contributed by atoms with Crippen molar-refractivity contribution in [1.82, 2.24) is 10.2 Å². The summed E-state index contributed by atoms with van der Waals surface area (Å²) in [7, 11) is 0. The summed E-state index contributed by atoms with van der Waals surface area (Å²) in [5.74, 6) is 0. The first-order chi connectivity index (χ1) is 13.2. The highest BCUT2D eigenvalue weighted by Gasteiger charge is 2.40. The lowest BCUT2D eigenvalue weighted by Crippen LogP contribution is -2.52. The van der Waals surface area contributed by atoms with Gasteiger partial charge in [0.05, 0.1) is 5.54 Å². The summed E-state index contributed by atoms with van der Waals surface area (Å²) < 4.78 is 5.77. The third-order valence-corrected chi connectivity index (χ3v) is 5.93. The topological polar surface area (TPSA) is 41.6 Å². The molecule has 0 bridgehead atoms. The van der Waals surface area contributed by atoms with Gasteiger partial charge in [0.2, 0.25) is 0 Å². The SMILES string of the molecule is O=C(NC1(c2ccccc2)CCC1)OC1CCN(Cc2ccccc2)CC1. The number of hydrogen-bond donors (Lipinski definition) is 1. The quantitative estimate of drug-likeness (QED) is 0.852. The fourth-order valence-electron chi connectivity index (χ4n) is 4.18. The van der Waals surface area contributed by atoms with Gasteiger partial charge in [0.15, 0.2) is 0 Å². The van der Waals surface area contributed by atoms with Crippen LogP contribution in [0.25, 0.3) is 0 Å². The first-order valence-electron chi connectivity index (χ1n) is 10.0. The van der Waals surface area contributed by atoms with Gasteiger partial charge in [0.25, 0.3) is 0 Å². The molecule has 2 fully saturated rings. The molecule has 2 aromatic rings. The molecule has 0 aromatic heterocycles. The minimum absolute atomic E-state index is 0.0184. The first-order valence-corrected chi connectivity index (χ1v) is 10.0. The van der Waals surface area contributed by atoms with Crippen LogP contribution in [0.5, 0.6) is 0 Å². The van der Waals surface area contributed by atoms with Gasteiger partial charge < -0.3 is 10.1 Å². The second-order valence-corrected chi connectivity index (χ2v) is 7.79. The number of hydrogen-bond acceptors (Lipinski definition) is 3. The number of nitrogens with one attached hydrogen (secondary N) is 1. The highest BCUT2D eigenvalue weighted by molar-refractivity contribution is 5.69. The number of carbonyl (C=O) groups is 1. The average Bonchev–Trinajstić information content (AvgIpc) is 2.68. The van der Waals surface area contributed by atoms with Gasteiger partial charge in [-0.25, -0.2) is 4.79 Å². The van der Waals surface area contributed by atoms with Crippen LogP contribution in [0, 0.1) is 0 Å². The van der Waals surface area contributed by atoms with E-state index in [1.165, 1.54) is 11.1 Å². The summed E-state index contributed by atoms with van der Waals surface area (Å²) in [6.45, 7) is 2.91. The molecule has 27 heavy (non-hydrogen) atoms. The molecule has 0 atom stereocenters. The number of alkyl carbamates (subject to hydrolysis) is 1. The summed E-state index contributed by atoms with van der Waals surface area (Å²) >= 11 is 0. The van der Waals surface area contributed by atoms with Crippen LogP contribution in [-0.2, 0) is 16.8 Å². The lowest BCUT2D eigenvalue weighted by Gasteiger charge is -2.43. The number of likely N-dealkylation sites (tertiary alicyclic amines) is 1. The molecule has 0 radical (unpaired) electrons. The van der Waals surface area contributed by atoms with Crippen LogP contribution in [0.3, 0.4) is 0 Å². The zero-order valence-electron chi connectivity index (χ0n) is 15.8. The molecule has 1 saturated carbocycles. The van der Waals surface area contributed by atoms with Gasteiger partial charge in [0.1, 0.15) is 6.10 Å². The molecular weight excluding hydrogens is 336 g/mol. The zero-order valence-corrected chi connectivity index (χ0v) is 15.8. The maximum absolute atomic E-state index is 12.5. The Morgan fingerprint density at radius 2 is 1.63 bits per heavy atom. The molecule has 1 aliphatic carbocycles. The summed E-state index contributed by atoms with van der Waals surface area (Å²) in [4.78, 5) is 15.0. The van der Waals surface area contributed by atoms with E-state index in [1.54, 1.807) is 0 Å². The zero-order chi connectivity index (χ0) is 18.5. The average molecular weight is 364 g/mol. The van der Waals surface area contributed by atoms with Crippen molar-refractivity contribution in [3.63, 3.8) is 0 Å². The maximum atomic E-state index is 12.5. The monoisotopic (exact) mass is 364 g/mol. The Labute approximate surface area is 161 Å². The van der Waals surface area contributed by atoms with E-state index in [0.717, 1.165) is 51.7 Å². The molecule has 1 heterocycles. The third kappa shape index (κ3) is 4.33. The van der Waals surface area contributed by atoms with Crippen molar-refractivity contribution in [2.45, 2.75) is 50.3 Å². The second-order valence-electron chi connectivity index (χ2n) is 7.79. The Morgan fingerprint density at radius 1 is 1.00 bits per heavy atom. The third-order valence-electron chi connectivity index (χ3n) is 5.93. The number of benzene rings is 2. The molecular formula is C23H28N2O2. The standard InChI is InChI=1S/C23H28N2O2/c26-22(24-23(14-7-15-23)20-10-5-2-6-11-20)27-21-12-16-25(17-13-21)18-19-8-3-1-4-9-19/h1-6,8-11,21H,7,12-18H2,(H,24,26). The van der Waals surface area contributed by atoms with Gasteiger partial charge in [0, 0.05) is 19.6 Å². The maximum Gasteiger partial charge on any atom is 0.408 e. The highest BCUT2D eigenvalue weighted by atomic mass is 16.6. The molecule has 0 spiro atoms. The predicted molar refractivity (Wildman–Crippen MR) is 106 cm³/mol. The van der Waals surface area contributed by atoms with Gasteiger partial charge in [-0.2, -0.15) is 0 Å². The van der Waals surface area contributed by atoms with E-state index in [9.17, 15) is 4.79 Å². The Morgan fingerprint density at radius 3 is 2.22 bits per heavy atom. The molecule has 1 aliphatic heterocycles. The number of rotatable bonds is 5. The van der Waals surface area contributed by atoms with E-state index in [-0.39, 0.29) is 17.7 Å². The van der Waals surface area contributed by atoms with E-state index < -0.39 is 0 Å². The molecule has 1 saturated heterocycles. The van der Waals surface area contributed by atoms with Crippen molar-refractivity contribution in [1.29, 1.82) is 0 Å². The lowest BCUT2D eigenvalue weighted by atomic mass is 9.72. The fourth-order valence-corrected chi connectivity index (χ4v) is 4.18. The van der Waals surface area contributed by atoms with E-state index >= 15 is 0 Å². The smallest absolute Gasteiger partial charge is 0.408 e. The molecule has 4 nitrogen and oxygen atoms in total. The predicted octanol–water partition coefficient (Wildman–Crippen LogP) is 4.46. The molecule has 142 valence electrons. The Hall–Kier alpha value is -2.33. The Bertz CT molecular complexity index is 735. The molecule has 1 amide bonds. The van der Waals surface area contributed by atoms with Gasteiger partial charge in [-0.05, 0) is 43.2 Å². The van der Waals surface area contributed by atoms with Crippen molar-refractivity contribution in [2.24, 2.45) is 0 Å². The van der Waals surface area contributed by atoms with E-state index in [4.69, 9.17) is 4.74 Å². The first kappa shape index (κ1) is 18.1. The van der Waals surface area contributed by atoms with Gasteiger partial charge in [-0.1, -0.05) is 60.7 Å². The summed E-state index contributed by atoms with van der Waals surface area (Å²) in [5.41, 5.74) is 2.29. The number of carbonyl (C=O) groups excluding carboxylic acids is 1. The highest BCUT2D eigenvalue weighted by Crippen LogP contribution is 2.41. The Balaban J connectivity index is 1.26. The summed E-state index contributed by atoms with van der Waals surface area (Å²) in [5, 5.41) is 3.17. The minimum atomic E-state index is -0.264. The van der Waals surface area contributed by atoms with Crippen LogP contribution in [0.1, 0.15) is 43.2 Å². The fraction of sp³-hybridized carbons (Fsp3) is 0.435. The number of amides is 1. The molecule has 1 N–H and O–H groups in total. The number of ether oxygens (including phenoxy) is 1. The summed E-state index contributed by atoms with van der Waals surface area (Å²) in [6.07, 6.45) is 4.68. The van der Waals surface area contributed by atoms with Crippen LogP contribution in [0.15, 0.2) is 60.7 Å². The molecule has 2 aromatic carbocycles. The van der Waals surface area contributed by atoms with Crippen LogP contribution in [-0.4, -0.2) is 30.2 Å². The van der Waals surface area contributed by atoms with Gasteiger partial charge in [-0.15, -0.1) is 0 Å². The molecule has 4 heteroatoms. The van der Waals surface area contributed by atoms with Crippen LogP contribution < -0.4 is 5.32 Å². The van der Waals surface area contributed by atoms with Crippen molar-refractivity contribution in [2.75, 3.05) is 13.1 Å².